The molecule has 0 spiro atoms. The lowest BCUT2D eigenvalue weighted by molar-refractivity contribution is -0.140. The summed E-state index contributed by atoms with van der Waals surface area (Å²) in [5.74, 6) is -1.14. The molecule has 0 radical (unpaired) electrons. The molecule has 1 heterocycles. The molecule has 0 aliphatic rings. The number of nitrogens with one attached hydrogen (secondary N) is 1. The number of aromatic nitrogens is 1. The van der Waals surface area contributed by atoms with Crippen LogP contribution in [0.5, 0.6) is 5.75 Å². The number of carbonyl (C=O) groups is 3. The lowest BCUT2D eigenvalue weighted by Gasteiger charge is -2.10. The molecular formula is C22H22N2O6. The monoisotopic (exact) mass is 410 g/mol. The van der Waals surface area contributed by atoms with Gasteiger partial charge in [0.05, 0.1) is 18.4 Å². The van der Waals surface area contributed by atoms with E-state index in [0.717, 1.165) is 0 Å². The van der Waals surface area contributed by atoms with E-state index in [9.17, 15) is 14.4 Å². The number of aryl methyl sites for hydroxylation is 1. The number of H-pyrrole nitrogens is 1. The van der Waals surface area contributed by atoms with Gasteiger partial charge in [0, 0.05) is 11.8 Å². The summed E-state index contributed by atoms with van der Waals surface area (Å²) in [6.07, 6.45) is 1.69. The van der Waals surface area contributed by atoms with E-state index in [2.05, 4.69) is 4.98 Å². The number of hydrogen-bond donors (Lipinski definition) is 1. The number of Topliss-reactive ketones (excluding diaryl/α,β-unsaturated/α-hetero) is 1. The number of carbonyl (C=O) groups excluding carboxylic acids is 3. The van der Waals surface area contributed by atoms with E-state index < -0.39 is 23.8 Å². The van der Waals surface area contributed by atoms with Crippen molar-refractivity contribution in [1.82, 2.24) is 4.98 Å². The zero-order chi connectivity index (χ0) is 22.3. The Bertz CT molecular complexity index is 1010. The van der Waals surface area contributed by atoms with Gasteiger partial charge in [0.15, 0.2) is 12.7 Å². The van der Waals surface area contributed by atoms with Gasteiger partial charge in [-0.3, -0.25) is 4.79 Å². The highest BCUT2D eigenvalue weighted by atomic mass is 16.5. The SMILES string of the molecule is COC(=O)c1c(C)[nH]c(C(=O)C(C)OC(=O)/C=C/c2ccc(OCC#N)cc2)c1C. The van der Waals surface area contributed by atoms with Gasteiger partial charge < -0.3 is 19.2 Å². The molecule has 0 saturated heterocycles. The van der Waals surface area contributed by atoms with E-state index in [4.69, 9.17) is 19.5 Å². The first kappa shape index (κ1) is 22.4. The third-order valence-corrected chi connectivity index (χ3v) is 4.33. The van der Waals surface area contributed by atoms with Crippen molar-refractivity contribution in [1.29, 1.82) is 5.26 Å². The number of ether oxygens (including phenoxy) is 3. The summed E-state index contributed by atoms with van der Waals surface area (Å²) in [6, 6.07) is 8.64. The predicted octanol–water partition coefficient (Wildman–Crippen LogP) is 3.15. The summed E-state index contributed by atoms with van der Waals surface area (Å²) >= 11 is 0. The second kappa shape index (κ2) is 10.1. The quantitative estimate of drug-likeness (QED) is 0.403. The molecule has 1 atom stereocenters. The summed E-state index contributed by atoms with van der Waals surface area (Å²) < 4.78 is 15.1. The number of methoxy groups -OCH3 is 1. The van der Waals surface area contributed by atoms with E-state index in [0.29, 0.717) is 28.1 Å². The molecule has 8 nitrogen and oxygen atoms in total. The largest absolute Gasteiger partial charge is 0.479 e. The van der Waals surface area contributed by atoms with Crippen molar-refractivity contribution in [2.75, 3.05) is 13.7 Å². The Morgan fingerprint density at radius 2 is 1.87 bits per heavy atom. The fourth-order valence-electron chi connectivity index (χ4n) is 2.83. The number of aromatic amines is 1. The molecule has 0 amide bonds. The van der Waals surface area contributed by atoms with Crippen LogP contribution in [0.4, 0.5) is 0 Å². The van der Waals surface area contributed by atoms with Crippen molar-refractivity contribution in [3.8, 4) is 11.8 Å². The summed E-state index contributed by atoms with van der Waals surface area (Å²) in [4.78, 5) is 39.5. The molecule has 0 saturated carbocycles. The molecule has 1 unspecified atom stereocenters. The van der Waals surface area contributed by atoms with Crippen molar-refractivity contribution < 1.29 is 28.6 Å². The number of rotatable bonds is 8. The van der Waals surface area contributed by atoms with Gasteiger partial charge in [-0.2, -0.15) is 5.26 Å². The minimum Gasteiger partial charge on any atom is -0.479 e. The summed E-state index contributed by atoms with van der Waals surface area (Å²) in [7, 11) is 1.26. The van der Waals surface area contributed by atoms with Gasteiger partial charge in [0.1, 0.15) is 11.8 Å². The Balaban J connectivity index is 2.02. The predicted molar refractivity (Wildman–Crippen MR) is 108 cm³/mol. The van der Waals surface area contributed by atoms with E-state index >= 15 is 0 Å². The van der Waals surface area contributed by atoms with Crippen molar-refractivity contribution in [2.24, 2.45) is 0 Å². The van der Waals surface area contributed by atoms with Crippen LogP contribution < -0.4 is 4.74 Å². The Hall–Kier alpha value is -3.86. The molecule has 1 N–H and O–H groups in total. The first-order valence-electron chi connectivity index (χ1n) is 9.08. The normalized spacial score (nSPS) is 11.6. The van der Waals surface area contributed by atoms with Gasteiger partial charge in [-0.1, -0.05) is 12.1 Å². The van der Waals surface area contributed by atoms with Crippen LogP contribution in [-0.2, 0) is 14.3 Å². The summed E-state index contributed by atoms with van der Waals surface area (Å²) in [5.41, 5.74) is 2.16. The molecule has 8 heteroatoms. The highest BCUT2D eigenvalue weighted by Gasteiger charge is 2.26. The molecule has 2 rings (SSSR count). The first-order chi connectivity index (χ1) is 14.3. The second-order valence-corrected chi connectivity index (χ2v) is 6.41. The standard InChI is InChI=1S/C22H22N2O6/c1-13-19(22(27)28-4)14(2)24-20(13)21(26)15(3)30-18(25)10-7-16-5-8-17(9-6-16)29-12-11-23/h5-10,15,24H,12H2,1-4H3/b10-7+. The van der Waals surface area contributed by atoms with Crippen LogP contribution in [0.2, 0.25) is 0 Å². The molecular weight excluding hydrogens is 388 g/mol. The molecule has 2 aromatic rings. The molecule has 1 aromatic carbocycles. The number of ketones is 1. The minimum atomic E-state index is -1.05. The zero-order valence-electron chi connectivity index (χ0n) is 17.1. The molecule has 0 aliphatic carbocycles. The fourth-order valence-corrected chi connectivity index (χ4v) is 2.83. The van der Waals surface area contributed by atoms with Crippen LogP contribution in [0.25, 0.3) is 6.08 Å². The Kier molecular flexibility index (Phi) is 7.53. The zero-order valence-corrected chi connectivity index (χ0v) is 17.1. The van der Waals surface area contributed by atoms with Crippen LogP contribution in [0.1, 0.15) is 44.6 Å². The fraction of sp³-hybridized carbons (Fsp3) is 0.273. The van der Waals surface area contributed by atoms with Gasteiger partial charge in [-0.05, 0) is 50.1 Å². The van der Waals surface area contributed by atoms with E-state index in [1.165, 1.54) is 26.2 Å². The van der Waals surface area contributed by atoms with Crippen molar-refractivity contribution in [3.63, 3.8) is 0 Å². The van der Waals surface area contributed by atoms with Crippen LogP contribution in [0, 0.1) is 25.2 Å². The average molecular weight is 410 g/mol. The van der Waals surface area contributed by atoms with Gasteiger partial charge in [0.2, 0.25) is 5.78 Å². The van der Waals surface area contributed by atoms with Gasteiger partial charge in [-0.15, -0.1) is 0 Å². The smallest absolute Gasteiger partial charge is 0.339 e. The lowest BCUT2D eigenvalue weighted by Crippen LogP contribution is -2.24. The summed E-state index contributed by atoms with van der Waals surface area (Å²) in [6.45, 7) is 4.70. The number of esters is 2. The second-order valence-electron chi connectivity index (χ2n) is 6.41. The molecule has 0 aliphatic heterocycles. The molecule has 1 aromatic heterocycles. The molecule has 0 fully saturated rings. The first-order valence-corrected chi connectivity index (χ1v) is 9.08. The number of nitrogens with zero attached hydrogens (tertiary/aromatic N) is 1. The van der Waals surface area contributed by atoms with E-state index in [-0.39, 0.29) is 12.3 Å². The Morgan fingerprint density at radius 1 is 1.20 bits per heavy atom. The highest BCUT2D eigenvalue weighted by molar-refractivity contribution is 6.04. The number of benzene rings is 1. The van der Waals surface area contributed by atoms with E-state index in [1.54, 1.807) is 38.1 Å². The Labute approximate surface area is 174 Å². The maximum atomic E-state index is 12.7. The summed E-state index contributed by atoms with van der Waals surface area (Å²) in [5, 5.41) is 8.49. The molecule has 0 bridgehead atoms. The lowest BCUT2D eigenvalue weighted by atomic mass is 10.1. The number of nitriles is 1. The van der Waals surface area contributed by atoms with Crippen LogP contribution in [0.3, 0.4) is 0 Å². The van der Waals surface area contributed by atoms with Crippen LogP contribution in [-0.4, -0.2) is 42.5 Å². The van der Waals surface area contributed by atoms with Crippen molar-refractivity contribution in [2.45, 2.75) is 26.9 Å². The topological polar surface area (TPSA) is 118 Å². The third kappa shape index (κ3) is 5.35. The van der Waals surface area contributed by atoms with Crippen molar-refractivity contribution >= 4 is 23.8 Å². The van der Waals surface area contributed by atoms with Gasteiger partial charge in [0.25, 0.3) is 0 Å². The Morgan fingerprint density at radius 3 is 2.47 bits per heavy atom. The maximum Gasteiger partial charge on any atom is 0.339 e. The van der Waals surface area contributed by atoms with E-state index in [1.807, 2.05) is 6.07 Å². The van der Waals surface area contributed by atoms with Crippen molar-refractivity contribution in [3.05, 3.63) is 58.4 Å². The maximum absolute atomic E-state index is 12.7. The van der Waals surface area contributed by atoms with Gasteiger partial charge in [-0.25, -0.2) is 9.59 Å². The molecule has 156 valence electrons. The average Bonchev–Trinajstić information content (AvgIpc) is 3.04. The molecule has 30 heavy (non-hydrogen) atoms. The minimum absolute atomic E-state index is 0.0473. The highest BCUT2D eigenvalue weighted by Crippen LogP contribution is 2.21. The van der Waals surface area contributed by atoms with Gasteiger partial charge >= 0.3 is 11.9 Å². The third-order valence-electron chi connectivity index (χ3n) is 4.33. The van der Waals surface area contributed by atoms with Crippen LogP contribution in [0.15, 0.2) is 30.3 Å². The van der Waals surface area contributed by atoms with Crippen LogP contribution >= 0.6 is 0 Å². The number of hydrogen-bond acceptors (Lipinski definition) is 7.